The molecule has 0 atom stereocenters. The van der Waals surface area contributed by atoms with Gasteiger partial charge in [0.15, 0.2) is 6.61 Å². The molecule has 2 rings (SSSR count). The van der Waals surface area contributed by atoms with Crippen LogP contribution in [0.25, 0.3) is 6.08 Å². The molecule has 0 radical (unpaired) electrons. The molecule has 0 fully saturated rings. The first-order valence-electron chi connectivity index (χ1n) is 8.50. The van der Waals surface area contributed by atoms with Crippen molar-refractivity contribution in [3.05, 3.63) is 65.7 Å². The van der Waals surface area contributed by atoms with Crippen LogP contribution in [0.2, 0.25) is 0 Å². The lowest BCUT2D eigenvalue weighted by Gasteiger charge is -2.07. The molecular weight excluding hydrogens is 360 g/mol. The van der Waals surface area contributed by atoms with Gasteiger partial charge in [-0.15, -0.1) is 0 Å². The molecule has 7 heteroatoms. The molecule has 0 aliphatic rings. The van der Waals surface area contributed by atoms with Crippen LogP contribution in [0.5, 0.6) is 11.5 Å². The van der Waals surface area contributed by atoms with Crippen LogP contribution in [0.3, 0.4) is 0 Å². The van der Waals surface area contributed by atoms with E-state index in [2.05, 4.69) is 5.32 Å². The molecule has 28 heavy (non-hydrogen) atoms. The summed E-state index contributed by atoms with van der Waals surface area (Å²) in [5.74, 6) is -0.106. The van der Waals surface area contributed by atoms with Gasteiger partial charge >= 0.3 is 5.97 Å². The number of methoxy groups -OCH3 is 1. The number of hydrogen-bond donors (Lipinski definition) is 1. The fourth-order valence-corrected chi connectivity index (χ4v) is 2.13. The Bertz CT molecular complexity index is 855. The molecule has 7 nitrogen and oxygen atoms in total. The Hall–Kier alpha value is -3.63. The van der Waals surface area contributed by atoms with Gasteiger partial charge in [-0.05, 0) is 35.9 Å². The standard InChI is InChI=1S/C21H20N2O5/c1-26-12-11-23-21(25)17(14-22)13-16-7-9-19(10-8-16)28-20(24)15-27-18-5-3-2-4-6-18/h2-10,13H,11-12,15H2,1H3,(H,23,25)/b17-13+. The summed E-state index contributed by atoms with van der Waals surface area (Å²) in [6.07, 6.45) is 1.45. The van der Waals surface area contributed by atoms with E-state index in [9.17, 15) is 9.59 Å². The molecule has 0 bridgehead atoms. The van der Waals surface area contributed by atoms with Crippen molar-refractivity contribution in [3.8, 4) is 17.6 Å². The number of esters is 1. The van der Waals surface area contributed by atoms with Crippen molar-refractivity contribution in [2.75, 3.05) is 26.9 Å². The molecule has 144 valence electrons. The molecule has 0 unspecified atom stereocenters. The van der Waals surface area contributed by atoms with Crippen LogP contribution in [-0.2, 0) is 14.3 Å². The zero-order chi connectivity index (χ0) is 20.2. The van der Waals surface area contributed by atoms with Gasteiger partial charge < -0.3 is 19.5 Å². The molecule has 0 aliphatic carbocycles. The number of benzene rings is 2. The van der Waals surface area contributed by atoms with E-state index in [1.165, 1.54) is 13.2 Å². The number of nitrogens with one attached hydrogen (secondary N) is 1. The van der Waals surface area contributed by atoms with Crippen molar-refractivity contribution in [1.29, 1.82) is 5.26 Å². The quantitative estimate of drug-likeness (QED) is 0.236. The number of amides is 1. The first-order chi connectivity index (χ1) is 13.6. The number of hydrogen-bond acceptors (Lipinski definition) is 6. The predicted molar refractivity (Wildman–Crippen MR) is 102 cm³/mol. The number of carbonyl (C=O) groups excluding carboxylic acids is 2. The lowest BCUT2D eigenvalue weighted by molar-refractivity contribution is -0.136. The average Bonchev–Trinajstić information content (AvgIpc) is 2.72. The number of nitrogens with zero attached hydrogens (tertiary/aromatic N) is 1. The maximum Gasteiger partial charge on any atom is 0.349 e. The molecule has 0 saturated heterocycles. The van der Waals surface area contributed by atoms with Crippen LogP contribution < -0.4 is 14.8 Å². The normalized spacial score (nSPS) is 10.6. The molecule has 0 aromatic heterocycles. The maximum absolute atomic E-state index is 11.9. The highest BCUT2D eigenvalue weighted by Gasteiger charge is 2.09. The minimum atomic E-state index is -0.539. The third-order valence-electron chi connectivity index (χ3n) is 3.48. The van der Waals surface area contributed by atoms with E-state index in [-0.39, 0.29) is 12.2 Å². The third kappa shape index (κ3) is 6.94. The van der Waals surface area contributed by atoms with Gasteiger partial charge in [-0.2, -0.15) is 5.26 Å². The predicted octanol–water partition coefficient (Wildman–Crippen LogP) is 2.34. The van der Waals surface area contributed by atoms with E-state index >= 15 is 0 Å². The highest BCUT2D eigenvalue weighted by Crippen LogP contribution is 2.15. The Morgan fingerprint density at radius 1 is 1.07 bits per heavy atom. The molecule has 0 saturated carbocycles. The minimum absolute atomic E-state index is 0.0305. The summed E-state index contributed by atoms with van der Waals surface area (Å²) in [5, 5.41) is 11.7. The lowest BCUT2D eigenvalue weighted by atomic mass is 10.1. The second kappa shape index (κ2) is 11.2. The second-order valence-electron chi connectivity index (χ2n) is 5.56. The zero-order valence-electron chi connectivity index (χ0n) is 15.4. The topological polar surface area (TPSA) is 97.6 Å². The first kappa shape index (κ1) is 20.7. The summed E-state index contributed by atoms with van der Waals surface area (Å²) in [5.41, 5.74) is 0.593. The summed E-state index contributed by atoms with van der Waals surface area (Å²) >= 11 is 0. The van der Waals surface area contributed by atoms with Crippen LogP contribution >= 0.6 is 0 Å². The summed E-state index contributed by atoms with van der Waals surface area (Å²) in [6, 6.07) is 17.2. The van der Waals surface area contributed by atoms with Gasteiger partial charge in [0.1, 0.15) is 23.1 Å². The van der Waals surface area contributed by atoms with Gasteiger partial charge in [0.25, 0.3) is 5.91 Å². The number of para-hydroxylation sites is 1. The van der Waals surface area contributed by atoms with Crippen LogP contribution in [0.4, 0.5) is 0 Å². The van der Waals surface area contributed by atoms with Gasteiger partial charge in [-0.1, -0.05) is 30.3 Å². The molecule has 0 aliphatic heterocycles. The lowest BCUT2D eigenvalue weighted by Crippen LogP contribution is -2.27. The Morgan fingerprint density at radius 3 is 2.43 bits per heavy atom. The molecule has 2 aromatic carbocycles. The highest BCUT2D eigenvalue weighted by atomic mass is 16.6. The maximum atomic E-state index is 11.9. The Labute approximate surface area is 163 Å². The van der Waals surface area contributed by atoms with Crippen molar-refractivity contribution in [3.63, 3.8) is 0 Å². The van der Waals surface area contributed by atoms with Crippen molar-refractivity contribution >= 4 is 18.0 Å². The Kier molecular flexibility index (Phi) is 8.24. The van der Waals surface area contributed by atoms with Gasteiger partial charge in [-0.3, -0.25) is 4.79 Å². The smallest absolute Gasteiger partial charge is 0.349 e. The van der Waals surface area contributed by atoms with Gasteiger partial charge in [0, 0.05) is 13.7 Å². The van der Waals surface area contributed by atoms with Gasteiger partial charge in [0.2, 0.25) is 0 Å². The summed E-state index contributed by atoms with van der Waals surface area (Å²) in [4.78, 5) is 23.8. The van der Waals surface area contributed by atoms with Crippen molar-refractivity contribution in [1.82, 2.24) is 5.32 Å². The average molecular weight is 380 g/mol. The SMILES string of the molecule is COCCNC(=O)/C(C#N)=C/c1ccc(OC(=O)COc2ccccc2)cc1. The van der Waals surface area contributed by atoms with Crippen LogP contribution in [0.1, 0.15) is 5.56 Å². The summed E-state index contributed by atoms with van der Waals surface area (Å²) < 4.78 is 15.4. The minimum Gasteiger partial charge on any atom is -0.482 e. The number of nitriles is 1. The molecule has 0 spiro atoms. The van der Waals surface area contributed by atoms with E-state index in [1.807, 2.05) is 12.1 Å². The Morgan fingerprint density at radius 2 is 1.79 bits per heavy atom. The Balaban J connectivity index is 1.90. The van der Waals surface area contributed by atoms with E-state index in [4.69, 9.17) is 19.5 Å². The van der Waals surface area contributed by atoms with Crippen LogP contribution in [0, 0.1) is 11.3 Å². The van der Waals surface area contributed by atoms with Crippen LogP contribution in [0.15, 0.2) is 60.2 Å². The largest absolute Gasteiger partial charge is 0.482 e. The van der Waals surface area contributed by atoms with E-state index in [0.717, 1.165) is 0 Å². The first-order valence-corrected chi connectivity index (χ1v) is 8.50. The van der Waals surface area contributed by atoms with E-state index in [1.54, 1.807) is 48.5 Å². The summed E-state index contributed by atoms with van der Waals surface area (Å²) in [6.45, 7) is 0.457. The van der Waals surface area contributed by atoms with E-state index < -0.39 is 11.9 Å². The number of rotatable bonds is 9. The van der Waals surface area contributed by atoms with Crippen LogP contribution in [-0.4, -0.2) is 38.7 Å². The monoisotopic (exact) mass is 380 g/mol. The zero-order valence-corrected chi connectivity index (χ0v) is 15.4. The van der Waals surface area contributed by atoms with Crippen molar-refractivity contribution in [2.45, 2.75) is 0 Å². The molecule has 2 aromatic rings. The fourth-order valence-electron chi connectivity index (χ4n) is 2.13. The third-order valence-corrected chi connectivity index (χ3v) is 3.48. The molecular formula is C21H20N2O5. The fraction of sp³-hybridized carbons (Fsp3) is 0.190. The van der Waals surface area contributed by atoms with Gasteiger partial charge in [0.05, 0.1) is 6.61 Å². The number of ether oxygens (including phenoxy) is 3. The summed E-state index contributed by atoms with van der Waals surface area (Å²) in [7, 11) is 1.52. The molecule has 0 heterocycles. The molecule has 1 amide bonds. The van der Waals surface area contributed by atoms with E-state index in [0.29, 0.717) is 30.2 Å². The van der Waals surface area contributed by atoms with Crippen molar-refractivity contribution in [2.24, 2.45) is 0 Å². The van der Waals surface area contributed by atoms with Crippen molar-refractivity contribution < 1.29 is 23.8 Å². The van der Waals surface area contributed by atoms with Gasteiger partial charge in [-0.25, -0.2) is 4.79 Å². The highest BCUT2D eigenvalue weighted by molar-refractivity contribution is 6.01. The molecule has 1 N–H and O–H groups in total. The number of carbonyl (C=O) groups is 2. The second-order valence-corrected chi connectivity index (χ2v) is 5.56.